The summed E-state index contributed by atoms with van der Waals surface area (Å²) in [6, 6.07) is 22.5. The van der Waals surface area contributed by atoms with Gasteiger partial charge in [0.15, 0.2) is 0 Å². The summed E-state index contributed by atoms with van der Waals surface area (Å²) in [6.45, 7) is 2.01. The Morgan fingerprint density at radius 3 is 2.70 bits per heavy atom. The van der Waals surface area contributed by atoms with Crippen molar-refractivity contribution in [3.63, 3.8) is 0 Å². The predicted octanol–water partition coefficient (Wildman–Crippen LogP) is 6.57. The number of carbonyl (C=O) groups excluding carboxylic acids is 1. The number of carbonyl (C=O) groups is 1. The van der Waals surface area contributed by atoms with Crippen molar-refractivity contribution in [2.24, 2.45) is 0 Å². The molecule has 1 amide bonds. The molecule has 3 aromatic carbocycles. The highest BCUT2D eigenvalue weighted by Gasteiger charge is 2.19. The van der Waals surface area contributed by atoms with Crippen LogP contribution < -0.4 is 5.32 Å². The highest BCUT2D eigenvalue weighted by Crippen LogP contribution is 2.37. The number of nitrogens with one attached hydrogen (secondary N) is 1. The van der Waals surface area contributed by atoms with Crippen LogP contribution in [0.5, 0.6) is 0 Å². The third-order valence-electron chi connectivity index (χ3n) is 5.23. The lowest BCUT2D eigenvalue weighted by Crippen LogP contribution is -2.13. The number of hydrogen-bond acceptors (Lipinski definition) is 4. The standard InChI is InChI=1S/C25H20N2OS2/c1-16-26-20(14-29-16)15-30-24-9-5-4-8-23(24)25(28)27-19-10-11-22-18(13-19)12-17-6-2-3-7-21(17)22/h2-11,13-14H,12,15H2,1H3,(H,27,28). The zero-order chi connectivity index (χ0) is 20.5. The van der Waals surface area contributed by atoms with Crippen molar-refractivity contribution in [1.29, 1.82) is 0 Å². The summed E-state index contributed by atoms with van der Waals surface area (Å²) in [7, 11) is 0. The lowest BCUT2D eigenvalue weighted by molar-refractivity contribution is 0.102. The maximum absolute atomic E-state index is 13.0. The minimum absolute atomic E-state index is 0.0805. The summed E-state index contributed by atoms with van der Waals surface area (Å²) in [6.07, 6.45) is 0.911. The fourth-order valence-corrected chi connectivity index (χ4v) is 5.49. The van der Waals surface area contributed by atoms with Crippen molar-refractivity contribution >= 4 is 34.7 Å². The van der Waals surface area contributed by atoms with E-state index in [0.29, 0.717) is 5.56 Å². The maximum Gasteiger partial charge on any atom is 0.256 e. The smallest absolute Gasteiger partial charge is 0.256 e. The van der Waals surface area contributed by atoms with Gasteiger partial charge in [-0.05, 0) is 59.9 Å². The molecule has 0 saturated heterocycles. The first kappa shape index (κ1) is 19.1. The molecule has 4 aromatic rings. The summed E-state index contributed by atoms with van der Waals surface area (Å²) in [4.78, 5) is 18.5. The molecule has 1 aliphatic rings. The van der Waals surface area contributed by atoms with Gasteiger partial charge in [-0.3, -0.25) is 4.79 Å². The minimum atomic E-state index is -0.0805. The molecule has 0 saturated carbocycles. The van der Waals surface area contributed by atoms with Gasteiger partial charge in [0, 0.05) is 21.7 Å². The van der Waals surface area contributed by atoms with Crippen molar-refractivity contribution in [2.45, 2.75) is 24.0 Å². The first-order valence-electron chi connectivity index (χ1n) is 9.83. The summed E-state index contributed by atoms with van der Waals surface area (Å²) < 4.78 is 0. The Hall–Kier alpha value is -2.89. The number of benzene rings is 3. The van der Waals surface area contributed by atoms with E-state index in [2.05, 4.69) is 52.1 Å². The summed E-state index contributed by atoms with van der Waals surface area (Å²) >= 11 is 3.30. The van der Waals surface area contributed by atoms with E-state index < -0.39 is 0 Å². The molecule has 5 heteroatoms. The largest absolute Gasteiger partial charge is 0.322 e. The Balaban J connectivity index is 1.33. The number of rotatable bonds is 5. The molecule has 0 atom stereocenters. The van der Waals surface area contributed by atoms with Crippen LogP contribution in [0.3, 0.4) is 0 Å². The fourth-order valence-electron chi connectivity index (χ4n) is 3.83. The van der Waals surface area contributed by atoms with E-state index in [1.807, 2.05) is 37.3 Å². The lowest BCUT2D eigenvalue weighted by Gasteiger charge is -2.11. The van der Waals surface area contributed by atoms with Crippen molar-refractivity contribution in [3.05, 3.63) is 99.5 Å². The average molecular weight is 429 g/mol. The second kappa shape index (κ2) is 8.09. The van der Waals surface area contributed by atoms with Gasteiger partial charge in [0.25, 0.3) is 5.91 Å². The second-order valence-corrected chi connectivity index (χ2v) is 9.38. The zero-order valence-electron chi connectivity index (χ0n) is 16.5. The number of amides is 1. The van der Waals surface area contributed by atoms with Crippen molar-refractivity contribution in [2.75, 3.05) is 5.32 Å². The number of aromatic nitrogens is 1. The van der Waals surface area contributed by atoms with E-state index in [1.165, 1.54) is 22.3 Å². The van der Waals surface area contributed by atoms with Gasteiger partial charge in [-0.1, -0.05) is 42.5 Å². The minimum Gasteiger partial charge on any atom is -0.322 e. The lowest BCUT2D eigenvalue weighted by atomic mass is 10.1. The molecule has 0 unspecified atom stereocenters. The molecule has 148 valence electrons. The molecule has 30 heavy (non-hydrogen) atoms. The van der Waals surface area contributed by atoms with E-state index in [4.69, 9.17) is 0 Å². The van der Waals surface area contributed by atoms with Gasteiger partial charge < -0.3 is 5.32 Å². The number of anilines is 1. The Labute approximate surface area is 184 Å². The average Bonchev–Trinajstić information content (AvgIpc) is 3.35. The maximum atomic E-state index is 13.0. The number of fused-ring (bicyclic) bond motifs is 3. The molecule has 0 bridgehead atoms. The second-order valence-electron chi connectivity index (χ2n) is 7.30. The van der Waals surface area contributed by atoms with Crippen LogP contribution in [0, 0.1) is 6.92 Å². The van der Waals surface area contributed by atoms with Crippen molar-refractivity contribution < 1.29 is 4.79 Å². The molecule has 0 radical (unpaired) electrons. The van der Waals surface area contributed by atoms with Crippen LogP contribution in [0.15, 0.2) is 77.0 Å². The summed E-state index contributed by atoms with van der Waals surface area (Å²) in [5.41, 5.74) is 7.74. The first-order chi connectivity index (χ1) is 14.7. The molecular formula is C25H20N2OS2. The van der Waals surface area contributed by atoms with Crippen molar-refractivity contribution in [1.82, 2.24) is 4.98 Å². The number of hydrogen-bond donors (Lipinski definition) is 1. The molecule has 1 aromatic heterocycles. The van der Waals surface area contributed by atoms with E-state index in [1.54, 1.807) is 23.1 Å². The molecule has 0 aliphatic heterocycles. The van der Waals surface area contributed by atoms with Crippen LogP contribution in [0.4, 0.5) is 5.69 Å². The molecule has 1 aliphatic carbocycles. The fraction of sp³-hybridized carbons (Fsp3) is 0.120. The van der Waals surface area contributed by atoms with E-state index in [9.17, 15) is 4.79 Å². The van der Waals surface area contributed by atoms with Crippen LogP contribution >= 0.6 is 23.1 Å². The Kier molecular flexibility index (Phi) is 5.15. The third kappa shape index (κ3) is 3.78. The van der Waals surface area contributed by atoms with Crippen LogP contribution in [0.1, 0.15) is 32.2 Å². The first-order valence-corrected chi connectivity index (χ1v) is 11.7. The quantitative estimate of drug-likeness (QED) is 0.322. The monoisotopic (exact) mass is 428 g/mol. The highest BCUT2D eigenvalue weighted by molar-refractivity contribution is 7.98. The van der Waals surface area contributed by atoms with Gasteiger partial charge in [0.1, 0.15) is 0 Å². The predicted molar refractivity (Wildman–Crippen MR) is 125 cm³/mol. The number of thioether (sulfide) groups is 1. The molecule has 3 nitrogen and oxygen atoms in total. The molecule has 5 rings (SSSR count). The van der Waals surface area contributed by atoms with Crippen LogP contribution in [-0.4, -0.2) is 10.9 Å². The number of thiazole rings is 1. The molecule has 1 heterocycles. The van der Waals surface area contributed by atoms with Crippen LogP contribution in [0.2, 0.25) is 0 Å². The molecular weight excluding hydrogens is 408 g/mol. The van der Waals surface area contributed by atoms with Gasteiger partial charge in [0.2, 0.25) is 0 Å². The Morgan fingerprint density at radius 2 is 1.83 bits per heavy atom. The van der Waals surface area contributed by atoms with E-state index in [0.717, 1.165) is 33.5 Å². The summed E-state index contributed by atoms with van der Waals surface area (Å²) in [5.74, 6) is 0.675. The van der Waals surface area contributed by atoms with Gasteiger partial charge in [0.05, 0.1) is 16.3 Å². The SMILES string of the molecule is Cc1nc(CSc2ccccc2C(=O)Nc2ccc3c(c2)Cc2ccccc2-3)cs1. The third-order valence-corrected chi connectivity index (χ3v) is 7.15. The molecule has 1 N–H and O–H groups in total. The number of aryl methyl sites for hydroxylation is 1. The normalized spacial score (nSPS) is 11.8. The highest BCUT2D eigenvalue weighted by atomic mass is 32.2. The topological polar surface area (TPSA) is 42.0 Å². The molecule has 0 spiro atoms. The van der Waals surface area contributed by atoms with Crippen LogP contribution in [0.25, 0.3) is 11.1 Å². The molecule has 0 fully saturated rings. The van der Waals surface area contributed by atoms with Gasteiger partial charge in [-0.15, -0.1) is 23.1 Å². The zero-order valence-corrected chi connectivity index (χ0v) is 18.1. The van der Waals surface area contributed by atoms with Crippen LogP contribution in [-0.2, 0) is 12.2 Å². The van der Waals surface area contributed by atoms with Crippen molar-refractivity contribution in [3.8, 4) is 11.1 Å². The number of nitrogens with zero attached hydrogens (tertiary/aromatic N) is 1. The summed E-state index contributed by atoms with van der Waals surface area (Å²) in [5, 5.41) is 6.23. The Morgan fingerprint density at radius 1 is 1.03 bits per heavy atom. The Bertz CT molecular complexity index is 1250. The van der Waals surface area contributed by atoms with Gasteiger partial charge >= 0.3 is 0 Å². The van der Waals surface area contributed by atoms with E-state index in [-0.39, 0.29) is 5.91 Å². The van der Waals surface area contributed by atoms with Gasteiger partial charge in [-0.2, -0.15) is 0 Å². The van der Waals surface area contributed by atoms with Gasteiger partial charge in [-0.25, -0.2) is 4.98 Å². The van der Waals surface area contributed by atoms with E-state index >= 15 is 0 Å².